The quantitative estimate of drug-likeness (QED) is 0.645. The molecule has 3 aromatic rings. The van der Waals surface area contributed by atoms with Crippen LogP contribution in [-0.2, 0) is 6.54 Å². The van der Waals surface area contributed by atoms with Crippen molar-refractivity contribution in [1.82, 2.24) is 18.7 Å². The summed E-state index contributed by atoms with van der Waals surface area (Å²) in [7, 11) is 0. The lowest BCUT2D eigenvalue weighted by atomic mass is 10.2. The molecule has 0 atom stereocenters. The topological polar surface area (TPSA) is 61.3 Å². The maximum atomic E-state index is 12.5. The molecule has 0 saturated carbocycles. The molecule has 6 heteroatoms. The second kappa shape index (κ2) is 4.80. The molecule has 0 amide bonds. The summed E-state index contributed by atoms with van der Waals surface area (Å²) in [5.41, 5.74) is 1.08. The SMILES string of the molecule is C#CCn1nc2c(=O)n(-c3ccc(C)cc3)ccn2c1=O. The predicted molar refractivity (Wildman–Crippen MR) is 78.6 cm³/mol. The van der Waals surface area contributed by atoms with E-state index in [1.54, 1.807) is 6.20 Å². The molecule has 0 spiro atoms. The van der Waals surface area contributed by atoms with Crippen LogP contribution < -0.4 is 11.2 Å². The summed E-state index contributed by atoms with van der Waals surface area (Å²) in [6.07, 6.45) is 8.24. The van der Waals surface area contributed by atoms with E-state index in [9.17, 15) is 9.59 Å². The van der Waals surface area contributed by atoms with Crippen molar-refractivity contribution in [3.8, 4) is 18.0 Å². The molecule has 0 radical (unpaired) electrons. The molecule has 2 aromatic heterocycles. The number of aromatic nitrogens is 4. The van der Waals surface area contributed by atoms with Gasteiger partial charge >= 0.3 is 11.2 Å². The standard InChI is InChI=1S/C15H12N4O2/c1-3-8-19-15(21)18-10-9-17(14(20)13(18)16-19)12-6-4-11(2)5-7-12/h1,4-7,9-10H,8H2,2H3. The maximum absolute atomic E-state index is 12.5. The van der Waals surface area contributed by atoms with Crippen LogP contribution in [0.3, 0.4) is 0 Å². The lowest BCUT2D eigenvalue weighted by Crippen LogP contribution is -2.24. The fourth-order valence-corrected chi connectivity index (χ4v) is 2.11. The highest BCUT2D eigenvalue weighted by Gasteiger charge is 2.11. The van der Waals surface area contributed by atoms with E-state index in [0.717, 1.165) is 10.2 Å². The summed E-state index contributed by atoms with van der Waals surface area (Å²) in [6, 6.07) is 7.50. The third-order valence-corrected chi connectivity index (χ3v) is 3.20. The second-order valence-electron chi connectivity index (χ2n) is 4.65. The van der Waals surface area contributed by atoms with Crippen LogP contribution in [0.2, 0.25) is 0 Å². The van der Waals surface area contributed by atoms with Gasteiger partial charge in [-0.25, -0.2) is 13.9 Å². The minimum atomic E-state index is -0.420. The van der Waals surface area contributed by atoms with Gasteiger partial charge in [0.2, 0.25) is 5.65 Å². The van der Waals surface area contributed by atoms with Crippen LogP contribution >= 0.6 is 0 Å². The van der Waals surface area contributed by atoms with Crippen molar-refractivity contribution in [2.75, 3.05) is 0 Å². The first kappa shape index (κ1) is 12.9. The highest BCUT2D eigenvalue weighted by atomic mass is 16.2. The Balaban J connectivity index is 2.26. The van der Waals surface area contributed by atoms with Gasteiger partial charge in [-0.1, -0.05) is 23.6 Å². The number of aryl methyl sites for hydroxylation is 1. The summed E-state index contributed by atoms with van der Waals surface area (Å²) in [5, 5.41) is 4.00. The second-order valence-corrected chi connectivity index (χ2v) is 4.65. The third-order valence-electron chi connectivity index (χ3n) is 3.20. The Hall–Kier alpha value is -3.07. The van der Waals surface area contributed by atoms with Crippen LogP contribution in [0, 0.1) is 19.3 Å². The molecule has 6 nitrogen and oxygen atoms in total. The Bertz CT molecular complexity index is 968. The number of rotatable bonds is 2. The molecule has 104 valence electrons. The highest BCUT2D eigenvalue weighted by molar-refractivity contribution is 5.40. The number of fused-ring (bicyclic) bond motifs is 1. The molecule has 2 heterocycles. The molecular formula is C15H12N4O2. The Labute approximate surface area is 119 Å². The third kappa shape index (κ3) is 2.05. The van der Waals surface area contributed by atoms with E-state index >= 15 is 0 Å². The van der Waals surface area contributed by atoms with E-state index in [1.807, 2.05) is 31.2 Å². The molecule has 1 aromatic carbocycles. The van der Waals surface area contributed by atoms with Crippen molar-refractivity contribution in [3.63, 3.8) is 0 Å². The van der Waals surface area contributed by atoms with Crippen molar-refractivity contribution < 1.29 is 0 Å². The van der Waals surface area contributed by atoms with Crippen molar-refractivity contribution in [2.24, 2.45) is 0 Å². The van der Waals surface area contributed by atoms with E-state index < -0.39 is 5.69 Å². The lowest BCUT2D eigenvalue weighted by molar-refractivity contribution is 0.684. The predicted octanol–water partition coefficient (Wildman–Crippen LogP) is 0.589. The summed E-state index contributed by atoms with van der Waals surface area (Å²) < 4.78 is 3.74. The van der Waals surface area contributed by atoms with E-state index in [4.69, 9.17) is 6.42 Å². The largest absolute Gasteiger partial charge is 0.351 e. The maximum Gasteiger partial charge on any atom is 0.351 e. The number of nitrogens with zero attached hydrogens (tertiary/aromatic N) is 4. The summed E-state index contributed by atoms with van der Waals surface area (Å²) >= 11 is 0. The van der Waals surface area contributed by atoms with Crippen LogP contribution in [-0.4, -0.2) is 18.7 Å². The van der Waals surface area contributed by atoms with Gasteiger partial charge in [0, 0.05) is 18.1 Å². The van der Waals surface area contributed by atoms with Crippen molar-refractivity contribution in [3.05, 3.63) is 63.1 Å². The van der Waals surface area contributed by atoms with Crippen LogP contribution in [0.4, 0.5) is 0 Å². The highest BCUT2D eigenvalue weighted by Crippen LogP contribution is 2.07. The number of benzene rings is 1. The van der Waals surface area contributed by atoms with E-state index in [2.05, 4.69) is 11.0 Å². The number of hydrogen-bond acceptors (Lipinski definition) is 3. The fourth-order valence-electron chi connectivity index (χ4n) is 2.11. The molecule has 0 aliphatic carbocycles. The first-order chi connectivity index (χ1) is 10.1. The van der Waals surface area contributed by atoms with E-state index in [0.29, 0.717) is 5.69 Å². The van der Waals surface area contributed by atoms with Crippen LogP contribution in [0.5, 0.6) is 0 Å². The van der Waals surface area contributed by atoms with Gasteiger partial charge in [-0.3, -0.25) is 9.36 Å². The zero-order chi connectivity index (χ0) is 15.0. The average molecular weight is 280 g/mol. The molecule has 0 bridgehead atoms. The lowest BCUT2D eigenvalue weighted by Gasteiger charge is -2.05. The molecule has 0 aliphatic rings. The molecule has 0 aliphatic heterocycles. The first-order valence-corrected chi connectivity index (χ1v) is 6.33. The minimum absolute atomic E-state index is 0.0322. The van der Waals surface area contributed by atoms with Crippen LogP contribution in [0.1, 0.15) is 5.56 Å². The smallest absolute Gasteiger partial charge is 0.280 e. The van der Waals surface area contributed by atoms with Gasteiger partial charge in [0.15, 0.2) is 0 Å². The molecule has 0 unspecified atom stereocenters. The van der Waals surface area contributed by atoms with Gasteiger partial charge in [-0.15, -0.1) is 11.5 Å². The van der Waals surface area contributed by atoms with Crippen molar-refractivity contribution >= 4 is 5.65 Å². The Morgan fingerprint density at radius 2 is 1.90 bits per heavy atom. The Morgan fingerprint density at radius 1 is 1.19 bits per heavy atom. The molecule has 0 N–H and O–H groups in total. The van der Waals surface area contributed by atoms with Gasteiger partial charge < -0.3 is 0 Å². The minimum Gasteiger partial charge on any atom is -0.280 e. The van der Waals surface area contributed by atoms with Gasteiger partial charge in [0.05, 0.1) is 0 Å². The number of terminal acetylenes is 1. The van der Waals surface area contributed by atoms with Gasteiger partial charge in [0.25, 0.3) is 0 Å². The molecule has 0 saturated heterocycles. The Morgan fingerprint density at radius 3 is 2.57 bits per heavy atom. The molecule has 3 rings (SSSR count). The van der Waals surface area contributed by atoms with Crippen LogP contribution in [0.15, 0.2) is 46.2 Å². The summed E-state index contributed by atoms with van der Waals surface area (Å²) in [6.45, 7) is 2.00. The molecule has 0 fully saturated rings. The van der Waals surface area contributed by atoms with Gasteiger partial charge in [-0.2, -0.15) is 0 Å². The van der Waals surface area contributed by atoms with Gasteiger partial charge in [-0.05, 0) is 19.1 Å². The summed E-state index contributed by atoms with van der Waals surface area (Å²) in [4.78, 5) is 24.4. The molecule has 21 heavy (non-hydrogen) atoms. The van der Waals surface area contributed by atoms with Crippen molar-refractivity contribution in [2.45, 2.75) is 13.5 Å². The average Bonchev–Trinajstić information content (AvgIpc) is 2.79. The molecular weight excluding hydrogens is 268 g/mol. The van der Waals surface area contributed by atoms with E-state index in [1.165, 1.54) is 15.2 Å². The zero-order valence-corrected chi connectivity index (χ0v) is 11.4. The summed E-state index contributed by atoms with van der Waals surface area (Å²) in [5.74, 6) is 2.34. The zero-order valence-electron chi connectivity index (χ0n) is 11.4. The van der Waals surface area contributed by atoms with Crippen molar-refractivity contribution in [1.29, 1.82) is 0 Å². The normalized spacial score (nSPS) is 10.7. The first-order valence-electron chi connectivity index (χ1n) is 6.33. The fraction of sp³-hybridized carbons (Fsp3) is 0.133. The number of hydrogen-bond donors (Lipinski definition) is 0. The monoisotopic (exact) mass is 280 g/mol. The Kier molecular flexibility index (Phi) is 2.95. The van der Waals surface area contributed by atoms with E-state index in [-0.39, 0.29) is 17.8 Å². The van der Waals surface area contributed by atoms with Gasteiger partial charge in [0.1, 0.15) is 6.54 Å². The van der Waals surface area contributed by atoms with Crippen LogP contribution in [0.25, 0.3) is 11.3 Å².